The molecule has 4 aromatic heterocycles. The standard InChI is InChI=1S/C26H26F2N8O3S/c27-16-10-17(28)22(39-15-13-30-14-15)12-19(16)34-6-3-33(4-7-34)5-8-35-24-23(40-26(35)37)20-11-18(21-2-1-9-38-21)32-36(20)25(29)31-24/h1-2,9-12,15,30H,3-8,13-14H2,(H2,29,31). The van der Waals surface area contributed by atoms with Gasteiger partial charge in [0, 0.05) is 64.5 Å². The van der Waals surface area contributed by atoms with E-state index in [4.69, 9.17) is 14.9 Å². The lowest BCUT2D eigenvalue weighted by Gasteiger charge is -2.36. The van der Waals surface area contributed by atoms with Crippen molar-refractivity contribution in [3.63, 3.8) is 0 Å². The average molecular weight is 569 g/mol. The van der Waals surface area contributed by atoms with Crippen LogP contribution in [0.25, 0.3) is 27.3 Å². The Bertz CT molecular complexity index is 1750. The molecule has 1 aromatic carbocycles. The second-order valence-corrected chi connectivity index (χ2v) is 10.9. The zero-order valence-electron chi connectivity index (χ0n) is 21.3. The van der Waals surface area contributed by atoms with Crippen LogP contribution in [0.15, 0.2) is 45.8 Å². The summed E-state index contributed by atoms with van der Waals surface area (Å²) < 4.78 is 43.9. The summed E-state index contributed by atoms with van der Waals surface area (Å²) in [4.78, 5) is 21.5. The number of nitrogens with one attached hydrogen (secondary N) is 1. The summed E-state index contributed by atoms with van der Waals surface area (Å²) in [7, 11) is 0. The second kappa shape index (κ2) is 9.87. The Kier molecular flexibility index (Phi) is 6.17. The normalized spacial score (nSPS) is 16.7. The van der Waals surface area contributed by atoms with Crippen LogP contribution < -0.4 is 25.6 Å². The van der Waals surface area contributed by atoms with Gasteiger partial charge >= 0.3 is 4.87 Å². The molecule has 5 aromatic rings. The molecular weight excluding hydrogens is 542 g/mol. The fourth-order valence-corrected chi connectivity index (χ4v) is 6.08. The molecule has 2 fully saturated rings. The maximum atomic E-state index is 14.7. The highest BCUT2D eigenvalue weighted by atomic mass is 32.1. The molecule has 0 saturated carbocycles. The van der Waals surface area contributed by atoms with Gasteiger partial charge in [0.25, 0.3) is 0 Å². The SMILES string of the molecule is Nc1nc2c(sc(=O)n2CCN2CCN(c3cc(OC4CNC4)c(F)cc3F)CC2)c2cc(-c3ccco3)nn12. The summed E-state index contributed by atoms with van der Waals surface area (Å²) in [5, 5.41) is 7.56. The maximum absolute atomic E-state index is 14.7. The number of nitrogen functional groups attached to an aromatic ring is 1. The Labute approximate surface area is 230 Å². The minimum atomic E-state index is -0.695. The van der Waals surface area contributed by atoms with E-state index in [0.717, 1.165) is 17.4 Å². The zero-order valence-corrected chi connectivity index (χ0v) is 22.2. The van der Waals surface area contributed by atoms with Gasteiger partial charge in [0.05, 0.1) is 17.5 Å². The fourth-order valence-electron chi connectivity index (χ4n) is 5.12. The molecule has 2 saturated heterocycles. The van der Waals surface area contributed by atoms with E-state index in [0.29, 0.717) is 85.4 Å². The first-order chi connectivity index (χ1) is 19.4. The Morgan fingerprint density at radius 1 is 1.12 bits per heavy atom. The third-order valence-corrected chi connectivity index (χ3v) is 8.40. The highest BCUT2D eigenvalue weighted by Crippen LogP contribution is 2.31. The van der Waals surface area contributed by atoms with Gasteiger partial charge in [-0.3, -0.25) is 14.3 Å². The maximum Gasteiger partial charge on any atom is 0.309 e. The molecule has 208 valence electrons. The molecule has 0 atom stereocenters. The number of furan rings is 1. The molecule has 2 aliphatic heterocycles. The van der Waals surface area contributed by atoms with Crippen molar-refractivity contribution in [1.29, 1.82) is 0 Å². The summed E-state index contributed by atoms with van der Waals surface area (Å²) in [5.74, 6) is -0.448. The van der Waals surface area contributed by atoms with Gasteiger partial charge < -0.3 is 25.1 Å². The van der Waals surface area contributed by atoms with Crippen molar-refractivity contribution in [2.75, 3.05) is 56.4 Å². The van der Waals surface area contributed by atoms with Crippen molar-refractivity contribution in [2.24, 2.45) is 0 Å². The fraction of sp³-hybridized carbons (Fsp3) is 0.346. The van der Waals surface area contributed by atoms with Crippen LogP contribution in [0, 0.1) is 11.6 Å². The topological polar surface area (TPSA) is 119 Å². The minimum absolute atomic E-state index is 0.0735. The number of nitrogens with two attached hydrogens (primary N) is 1. The molecule has 0 amide bonds. The van der Waals surface area contributed by atoms with Gasteiger partial charge in [-0.1, -0.05) is 11.3 Å². The number of benzene rings is 1. The van der Waals surface area contributed by atoms with Gasteiger partial charge in [-0.15, -0.1) is 0 Å². The van der Waals surface area contributed by atoms with Crippen molar-refractivity contribution in [1.82, 2.24) is 29.4 Å². The van der Waals surface area contributed by atoms with E-state index < -0.39 is 11.6 Å². The van der Waals surface area contributed by atoms with Crippen LogP contribution in [0.4, 0.5) is 20.4 Å². The molecule has 7 rings (SSSR count). The van der Waals surface area contributed by atoms with Crippen LogP contribution >= 0.6 is 11.3 Å². The van der Waals surface area contributed by atoms with E-state index in [2.05, 4.69) is 20.3 Å². The molecule has 11 nitrogen and oxygen atoms in total. The summed E-state index contributed by atoms with van der Waals surface area (Å²) in [6.45, 7) is 4.77. The summed E-state index contributed by atoms with van der Waals surface area (Å²) in [5.41, 5.74) is 8.37. The number of halogens is 2. The summed E-state index contributed by atoms with van der Waals surface area (Å²) in [6, 6.07) is 7.78. The van der Waals surface area contributed by atoms with Crippen LogP contribution in [0.5, 0.6) is 5.75 Å². The van der Waals surface area contributed by atoms with Crippen LogP contribution in [0.1, 0.15) is 0 Å². The first-order valence-corrected chi connectivity index (χ1v) is 13.8. The van der Waals surface area contributed by atoms with E-state index in [1.165, 1.54) is 10.6 Å². The van der Waals surface area contributed by atoms with Crippen LogP contribution in [0.2, 0.25) is 0 Å². The van der Waals surface area contributed by atoms with Crippen molar-refractivity contribution < 1.29 is 17.9 Å². The Morgan fingerprint density at radius 3 is 2.67 bits per heavy atom. The van der Waals surface area contributed by atoms with Crippen LogP contribution in [-0.4, -0.2) is 76.0 Å². The van der Waals surface area contributed by atoms with Crippen molar-refractivity contribution in [3.8, 4) is 17.2 Å². The van der Waals surface area contributed by atoms with Crippen molar-refractivity contribution >= 4 is 38.8 Å². The first kappa shape index (κ1) is 25.0. The largest absolute Gasteiger partial charge is 0.485 e. The highest BCUT2D eigenvalue weighted by Gasteiger charge is 2.25. The van der Waals surface area contributed by atoms with Gasteiger partial charge in [0.1, 0.15) is 22.3 Å². The number of thiazole rings is 1. The molecule has 2 aliphatic rings. The van der Waals surface area contributed by atoms with Gasteiger partial charge in [0.15, 0.2) is 23.0 Å². The molecule has 3 N–H and O–H groups in total. The number of fused-ring (bicyclic) bond motifs is 3. The number of piperazine rings is 1. The first-order valence-electron chi connectivity index (χ1n) is 13.0. The van der Waals surface area contributed by atoms with Crippen LogP contribution in [-0.2, 0) is 6.54 Å². The van der Waals surface area contributed by atoms with E-state index in [9.17, 15) is 13.6 Å². The van der Waals surface area contributed by atoms with Crippen molar-refractivity contribution in [3.05, 3.63) is 57.9 Å². The number of hydrogen-bond donors (Lipinski definition) is 2. The summed E-state index contributed by atoms with van der Waals surface area (Å²) in [6.07, 6.45) is 1.47. The van der Waals surface area contributed by atoms with Crippen molar-refractivity contribution in [2.45, 2.75) is 12.6 Å². The molecular formula is C26H26F2N8O3S. The molecule has 0 spiro atoms. The number of ether oxygens (including phenoxy) is 1. The molecule has 40 heavy (non-hydrogen) atoms. The minimum Gasteiger partial charge on any atom is -0.485 e. The lowest BCUT2D eigenvalue weighted by Crippen LogP contribution is -2.50. The second-order valence-electron chi connectivity index (χ2n) is 9.91. The number of rotatable bonds is 7. The van der Waals surface area contributed by atoms with E-state index >= 15 is 0 Å². The monoisotopic (exact) mass is 568 g/mol. The molecule has 0 bridgehead atoms. The lowest BCUT2D eigenvalue weighted by atomic mass is 10.2. The third-order valence-electron chi connectivity index (χ3n) is 7.41. The van der Waals surface area contributed by atoms with Gasteiger partial charge in [-0.25, -0.2) is 8.78 Å². The molecule has 0 unspecified atom stereocenters. The predicted octanol–water partition coefficient (Wildman–Crippen LogP) is 2.40. The van der Waals surface area contributed by atoms with Gasteiger partial charge in [-0.2, -0.15) is 14.6 Å². The van der Waals surface area contributed by atoms with Gasteiger partial charge in [0.2, 0.25) is 5.95 Å². The molecule has 6 heterocycles. The Morgan fingerprint density at radius 2 is 1.95 bits per heavy atom. The van der Waals surface area contributed by atoms with E-state index in [1.807, 2.05) is 11.0 Å². The average Bonchev–Trinajstić information content (AvgIpc) is 3.66. The highest BCUT2D eigenvalue weighted by molar-refractivity contribution is 7.17. The smallest absolute Gasteiger partial charge is 0.309 e. The van der Waals surface area contributed by atoms with Gasteiger partial charge in [-0.05, 0) is 18.2 Å². The summed E-state index contributed by atoms with van der Waals surface area (Å²) >= 11 is 1.11. The molecule has 14 heteroatoms. The van der Waals surface area contributed by atoms with E-state index in [-0.39, 0.29) is 22.7 Å². The number of aromatic nitrogens is 4. The Hall–Kier alpha value is -4.01. The predicted molar refractivity (Wildman–Crippen MR) is 147 cm³/mol. The molecule has 0 radical (unpaired) electrons. The number of nitrogens with zero attached hydrogens (tertiary/aromatic N) is 6. The molecule has 0 aliphatic carbocycles. The number of hydrogen-bond acceptors (Lipinski definition) is 10. The quantitative estimate of drug-likeness (QED) is 0.305. The number of anilines is 2. The van der Waals surface area contributed by atoms with Crippen LogP contribution in [0.3, 0.4) is 0 Å². The Balaban J connectivity index is 1.05. The van der Waals surface area contributed by atoms with E-state index in [1.54, 1.807) is 23.0 Å². The zero-order chi connectivity index (χ0) is 27.4. The third kappa shape index (κ3) is 4.37. The lowest BCUT2D eigenvalue weighted by molar-refractivity contribution is 0.136.